The van der Waals surface area contributed by atoms with E-state index in [-0.39, 0.29) is 9.79 Å². The molecule has 0 aromatic heterocycles. The monoisotopic (exact) mass is 420 g/mol. The van der Waals surface area contributed by atoms with Gasteiger partial charge in [-0.1, -0.05) is 27.7 Å². The summed E-state index contributed by atoms with van der Waals surface area (Å²) >= 11 is 4.61. The SMILES string of the molecule is CS(=O)(=O)c1ccc(Sc2ccc(Br)cc2)c(S(C)(=O)=O)c1. The topological polar surface area (TPSA) is 68.3 Å². The average molecular weight is 421 g/mol. The molecule has 0 aliphatic carbocycles. The van der Waals surface area contributed by atoms with E-state index in [0.717, 1.165) is 21.9 Å². The molecular formula is C14H13BrO4S3. The first-order chi connectivity index (χ1) is 10.1. The number of halogens is 1. The van der Waals surface area contributed by atoms with Crippen molar-refractivity contribution >= 4 is 47.4 Å². The van der Waals surface area contributed by atoms with Gasteiger partial charge in [-0.2, -0.15) is 0 Å². The zero-order chi connectivity index (χ0) is 16.5. The van der Waals surface area contributed by atoms with Crippen molar-refractivity contribution in [2.45, 2.75) is 19.6 Å². The Bertz CT molecular complexity index is 902. The molecule has 0 radical (unpaired) electrons. The van der Waals surface area contributed by atoms with E-state index in [0.29, 0.717) is 4.90 Å². The van der Waals surface area contributed by atoms with Gasteiger partial charge >= 0.3 is 0 Å². The second-order valence-corrected chi connectivity index (χ2v) is 10.7. The molecule has 2 rings (SSSR count). The zero-order valence-corrected chi connectivity index (χ0v) is 15.8. The molecule has 0 amide bonds. The van der Waals surface area contributed by atoms with Gasteiger partial charge in [0.15, 0.2) is 19.7 Å². The van der Waals surface area contributed by atoms with E-state index in [9.17, 15) is 16.8 Å². The lowest BCUT2D eigenvalue weighted by Crippen LogP contribution is -2.03. The highest BCUT2D eigenvalue weighted by molar-refractivity contribution is 9.10. The van der Waals surface area contributed by atoms with E-state index in [1.54, 1.807) is 0 Å². The van der Waals surface area contributed by atoms with Crippen LogP contribution in [-0.2, 0) is 19.7 Å². The van der Waals surface area contributed by atoms with Gasteiger partial charge in [-0.3, -0.25) is 0 Å². The highest BCUT2D eigenvalue weighted by Crippen LogP contribution is 2.34. The van der Waals surface area contributed by atoms with Crippen molar-refractivity contribution < 1.29 is 16.8 Å². The summed E-state index contributed by atoms with van der Waals surface area (Å²) in [6.07, 6.45) is 2.12. The fraction of sp³-hybridized carbons (Fsp3) is 0.143. The van der Waals surface area contributed by atoms with Crippen molar-refractivity contribution in [2.24, 2.45) is 0 Å². The van der Waals surface area contributed by atoms with E-state index >= 15 is 0 Å². The van der Waals surface area contributed by atoms with Crippen LogP contribution in [0, 0.1) is 0 Å². The summed E-state index contributed by atoms with van der Waals surface area (Å²) in [6, 6.07) is 11.6. The molecule has 0 spiro atoms. The maximum atomic E-state index is 12.0. The maximum absolute atomic E-state index is 12.0. The van der Waals surface area contributed by atoms with E-state index < -0.39 is 19.7 Å². The summed E-state index contributed by atoms with van der Waals surface area (Å²) in [6.45, 7) is 0. The van der Waals surface area contributed by atoms with Gasteiger partial charge in [0.2, 0.25) is 0 Å². The summed E-state index contributed by atoms with van der Waals surface area (Å²) < 4.78 is 48.1. The Morgan fingerprint density at radius 1 is 0.864 bits per heavy atom. The van der Waals surface area contributed by atoms with Crippen LogP contribution in [0.4, 0.5) is 0 Å². The van der Waals surface area contributed by atoms with Crippen LogP contribution in [0.5, 0.6) is 0 Å². The molecule has 0 N–H and O–H groups in total. The number of rotatable bonds is 4. The number of benzene rings is 2. The maximum Gasteiger partial charge on any atom is 0.176 e. The molecule has 0 atom stereocenters. The Kier molecular flexibility index (Phi) is 5.06. The molecule has 0 heterocycles. The first-order valence-corrected chi connectivity index (χ1v) is 11.4. The van der Waals surface area contributed by atoms with Crippen LogP contribution in [0.25, 0.3) is 0 Å². The fourth-order valence-corrected chi connectivity index (χ4v) is 4.88. The Morgan fingerprint density at radius 2 is 1.45 bits per heavy atom. The minimum Gasteiger partial charge on any atom is -0.224 e. The van der Waals surface area contributed by atoms with Gasteiger partial charge in [-0.15, -0.1) is 0 Å². The first kappa shape index (κ1) is 17.5. The lowest BCUT2D eigenvalue weighted by molar-refractivity contribution is 0.598. The van der Waals surface area contributed by atoms with Crippen molar-refractivity contribution in [2.75, 3.05) is 12.5 Å². The van der Waals surface area contributed by atoms with Crippen LogP contribution in [0.3, 0.4) is 0 Å². The van der Waals surface area contributed by atoms with Crippen LogP contribution in [0.2, 0.25) is 0 Å². The molecule has 0 aliphatic rings. The van der Waals surface area contributed by atoms with Crippen molar-refractivity contribution in [1.82, 2.24) is 0 Å². The first-order valence-electron chi connectivity index (χ1n) is 6.05. The number of hydrogen-bond donors (Lipinski definition) is 0. The van der Waals surface area contributed by atoms with Gasteiger partial charge < -0.3 is 0 Å². The molecule has 0 saturated carbocycles. The third kappa shape index (κ3) is 4.34. The molecule has 4 nitrogen and oxygen atoms in total. The fourth-order valence-electron chi connectivity index (χ4n) is 1.72. The van der Waals surface area contributed by atoms with Crippen LogP contribution >= 0.6 is 27.7 Å². The molecule has 2 aromatic rings. The van der Waals surface area contributed by atoms with Crippen molar-refractivity contribution in [1.29, 1.82) is 0 Å². The molecule has 8 heteroatoms. The van der Waals surface area contributed by atoms with Gasteiger partial charge in [-0.25, -0.2) is 16.8 Å². The van der Waals surface area contributed by atoms with E-state index in [1.807, 2.05) is 24.3 Å². The Hall–Kier alpha value is -0.830. The molecule has 0 unspecified atom stereocenters. The minimum atomic E-state index is -3.54. The van der Waals surface area contributed by atoms with E-state index in [4.69, 9.17) is 0 Å². The van der Waals surface area contributed by atoms with Crippen LogP contribution in [0.15, 0.2) is 66.5 Å². The molecule has 0 bridgehead atoms. The van der Waals surface area contributed by atoms with E-state index in [2.05, 4.69) is 15.9 Å². The highest BCUT2D eigenvalue weighted by Gasteiger charge is 2.18. The summed E-state index contributed by atoms with van der Waals surface area (Å²) in [5.41, 5.74) is 0. The molecule has 0 aliphatic heterocycles. The summed E-state index contributed by atoms with van der Waals surface area (Å²) in [5.74, 6) is 0. The van der Waals surface area contributed by atoms with Gasteiger partial charge in [0, 0.05) is 26.8 Å². The quantitative estimate of drug-likeness (QED) is 0.757. The van der Waals surface area contributed by atoms with Crippen LogP contribution in [0.1, 0.15) is 0 Å². The molecule has 0 saturated heterocycles. The molecule has 2 aromatic carbocycles. The van der Waals surface area contributed by atoms with Crippen LogP contribution < -0.4 is 0 Å². The van der Waals surface area contributed by atoms with Crippen LogP contribution in [-0.4, -0.2) is 29.3 Å². The average Bonchev–Trinajstić information content (AvgIpc) is 2.39. The van der Waals surface area contributed by atoms with Gasteiger partial charge in [0.25, 0.3) is 0 Å². The Morgan fingerprint density at radius 3 is 1.95 bits per heavy atom. The minimum absolute atomic E-state index is 0.00641. The lowest BCUT2D eigenvalue weighted by Gasteiger charge is -2.09. The van der Waals surface area contributed by atoms with E-state index in [1.165, 1.54) is 30.0 Å². The molecule has 0 fully saturated rings. The number of sulfone groups is 2. The Balaban J connectivity index is 2.54. The normalized spacial score (nSPS) is 12.3. The summed E-state index contributed by atoms with van der Waals surface area (Å²) in [4.78, 5) is 1.37. The summed E-state index contributed by atoms with van der Waals surface area (Å²) in [5, 5.41) is 0. The smallest absolute Gasteiger partial charge is 0.176 e. The predicted octanol–water partition coefficient (Wildman–Crippen LogP) is 3.41. The third-order valence-corrected chi connectivity index (χ3v) is 6.77. The number of hydrogen-bond acceptors (Lipinski definition) is 5. The third-order valence-electron chi connectivity index (χ3n) is 2.78. The Labute approximate surface area is 142 Å². The highest BCUT2D eigenvalue weighted by atomic mass is 79.9. The zero-order valence-electron chi connectivity index (χ0n) is 11.8. The second-order valence-electron chi connectivity index (χ2n) is 4.71. The molecule has 118 valence electrons. The van der Waals surface area contributed by atoms with Gasteiger partial charge in [0.05, 0.1) is 9.79 Å². The standard InChI is InChI=1S/C14H13BrO4S3/c1-21(16,17)12-7-8-13(14(9-12)22(2,18)19)20-11-5-3-10(15)4-6-11/h3-9H,1-2H3. The van der Waals surface area contributed by atoms with Gasteiger partial charge in [-0.05, 0) is 42.5 Å². The van der Waals surface area contributed by atoms with Crippen molar-refractivity contribution in [3.63, 3.8) is 0 Å². The largest absolute Gasteiger partial charge is 0.224 e. The lowest BCUT2D eigenvalue weighted by atomic mass is 10.4. The predicted molar refractivity (Wildman–Crippen MR) is 90.9 cm³/mol. The van der Waals surface area contributed by atoms with Gasteiger partial charge in [0.1, 0.15) is 0 Å². The molecule has 22 heavy (non-hydrogen) atoms. The molecular weight excluding hydrogens is 408 g/mol. The second kappa shape index (κ2) is 6.35. The summed E-state index contributed by atoms with van der Waals surface area (Å²) in [7, 11) is -7.00. The van der Waals surface area contributed by atoms with Crippen molar-refractivity contribution in [3.8, 4) is 0 Å². The van der Waals surface area contributed by atoms with Crippen molar-refractivity contribution in [3.05, 3.63) is 46.9 Å².